The van der Waals surface area contributed by atoms with Gasteiger partial charge in [0.05, 0.1) is 13.2 Å². The highest BCUT2D eigenvalue weighted by Gasteiger charge is 2.14. The number of nitrogens with one attached hydrogen (secondary N) is 1. The Hall–Kier alpha value is -3.47. The highest BCUT2D eigenvalue weighted by molar-refractivity contribution is 5.52. The fourth-order valence-corrected chi connectivity index (χ4v) is 3.33. The van der Waals surface area contributed by atoms with E-state index in [2.05, 4.69) is 18.0 Å². The molecule has 0 aliphatic carbocycles. The third-order valence-electron chi connectivity index (χ3n) is 4.81. The maximum absolute atomic E-state index is 13.2. The Morgan fingerprint density at radius 1 is 0.875 bits per heavy atom. The first-order valence-electron chi connectivity index (χ1n) is 10.9. The topological polar surface area (TPSA) is 39.7 Å². The van der Waals surface area contributed by atoms with Gasteiger partial charge in [0.25, 0.3) is 0 Å². The standard InChI is InChI=1S/C27H30FNO3/c1-4-7-22-16-21(18-29-24-12-14-25(15-13-24)30-5-2)17-26(31-6-3)27(22)32-19-20-8-10-23(28)11-9-20/h4,8-17,29H,1,5-7,18-19H2,2-3H3. The summed E-state index contributed by atoms with van der Waals surface area (Å²) in [7, 11) is 0. The van der Waals surface area contributed by atoms with Crippen LogP contribution in [0.3, 0.4) is 0 Å². The number of ether oxygens (including phenoxy) is 3. The van der Waals surface area contributed by atoms with E-state index in [4.69, 9.17) is 14.2 Å². The van der Waals surface area contributed by atoms with Crippen LogP contribution >= 0.6 is 0 Å². The van der Waals surface area contributed by atoms with E-state index in [1.54, 1.807) is 12.1 Å². The van der Waals surface area contributed by atoms with Gasteiger partial charge in [-0.15, -0.1) is 6.58 Å². The fraction of sp³-hybridized carbons (Fsp3) is 0.259. The maximum Gasteiger partial charge on any atom is 0.165 e. The fourth-order valence-electron chi connectivity index (χ4n) is 3.33. The van der Waals surface area contributed by atoms with Gasteiger partial charge in [-0.05, 0) is 79.9 Å². The summed E-state index contributed by atoms with van der Waals surface area (Å²) in [6.07, 6.45) is 2.50. The smallest absolute Gasteiger partial charge is 0.165 e. The first-order chi connectivity index (χ1) is 15.6. The Morgan fingerprint density at radius 3 is 2.25 bits per heavy atom. The van der Waals surface area contributed by atoms with E-state index >= 15 is 0 Å². The molecule has 4 nitrogen and oxygen atoms in total. The van der Waals surface area contributed by atoms with Crippen molar-refractivity contribution in [1.29, 1.82) is 0 Å². The lowest BCUT2D eigenvalue weighted by atomic mass is 10.0. The van der Waals surface area contributed by atoms with Gasteiger partial charge in [-0.3, -0.25) is 0 Å². The van der Waals surface area contributed by atoms with Crippen molar-refractivity contribution in [3.8, 4) is 17.2 Å². The van der Waals surface area contributed by atoms with Gasteiger partial charge >= 0.3 is 0 Å². The zero-order valence-electron chi connectivity index (χ0n) is 18.7. The average molecular weight is 436 g/mol. The molecule has 0 aromatic heterocycles. The number of benzene rings is 3. The lowest BCUT2D eigenvalue weighted by Crippen LogP contribution is -2.06. The van der Waals surface area contributed by atoms with Crippen LogP contribution in [0.5, 0.6) is 17.2 Å². The minimum Gasteiger partial charge on any atom is -0.494 e. The lowest BCUT2D eigenvalue weighted by Gasteiger charge is -2.18. The van der Waals surface area contributed by atoms with Crippen molar-refractivity contribution >= 4 is 5.69 Å². The van der Waals surface area contributed by atoms with Crippen molar-refractivity contribution in [3.63, 3.8) is 0 Å². The van der Waals surface area contributed by atoms with Gasteiger partial charge < -0.3 is 19.5 Å². The first kappa shape index (κ1) is 23.2. The molecule has 0 spiro atoms. The number of hydrogen-bond acceptors (Lipinski definition) is 4. The van der Waals surface area contributed by atoms with Crippen LogP contribution in [0.15, 0.2) is 73.3 Å². The molecule has 0 radical (unpaired) electrons. The Kier molecular flexibility index (Phi) is 8.55. The molecule has 0 amide bonds. The minimum absolute atomic E-state index is 0.263. The van der Waals surface area contributed by atoms with Gasteiger partial charge in [0, 0.05) is 17.8 Å². The Balaban J connectivity index is 1.77. The normalized spacial score (nSPS) is 10.5. The molecule has 1 N–H and O–H groups in total. The van der Waals surface area contributed by atoms with Gasteiger partial charge in [0.1, 0.15) is 18.2 Å². The van der Waals surface area contributed by atoms with E-state index in [0.717, 1.165) is 28.1 Å². The minimum atomic E-state index is -0.263. The molecule has 0 aliphatic heterocycles. The molecule has 5 heteroatoms. The van der Waals surface area contributed by atoms with Gasteiger partial charge in [-0.2, -0.15) is 0 Å². The van der Waals surface area contributed by atoms with Crippen molar-refractivity contribution in [2.24, 2.45) is 0 Å². The summed E-state index contributed by atoms with van der Waals surface area (Å²) < 4.78 is 30.7. The molecule has 3 aromatic rings. The van der Waals surface area contributed by atoms with Crippen molar-refractivity contribution in [3.05, 3.63) is 95.8 Å². The number of anilines is 1. The monoisotopic (exact) mass is 435 g/mol. The third-order valence-corrected chi connectivity index (χ3v) is 4.81. The van der Waals surface area contributed by atoms with Crippen molar-refractivity contribution in [2.75, 3.05) is 18.5 Å². The Labute approximate surface area is 189 Å². The number of halogens is 1. The van der Waals surface area contributed by atoms with Crippen LogP contribution in [-0.2, 0) is 19.6 Å². The molecular weight excluding hydrogens is 405 g/mol. The SMILES string of the molecule is C=CCc1cc(CNc2ccc(OCC)cc2)cc(OCC)c1OCc1ccc(F)cc1. The summed E-state index contributed by atoms with van der Waals surface area (Å²) in [5, 5.41) is 3.44. The second kappa shape index (κ2) is 11.8. The summed E-state index contributed by atoms with van der Waals surface area (Å²) in [4.78, 5) is 0. The van der Waals surface area contributed by atoms with E-state index in [0.29, 0.717) is 44.3 Å². The second-order valence-corrected chi connectivity index (χ2v) is 7.23. The number of rotatable bonds is 12. The van der Waals surface area contributed by atoms with Gasteiger partial charge in [-0.1, -0.05) is 18.2 Å². The molecule has 0 aliphatic rings. The van der Waals surface area contributed by atoms with Gasteiger partial charge in [0.15, 0.2) is 11.5 Å². The van der Waals surface area contributed by atoms with Crippen LogP contribution in [0.2, 0.25) is 0 Å². The zero-order chi connectivity index (χ0) is 22.8. The van der Waals surface area contributed by atoms with Gasteiger partial charge in [0.2, 0.25) is 0 Å². The lowest BCUT2D eigenvalue weighted by molar-refractivity contribution is 0.267. The van der Waals surface area contributed by atoms with Crippen LogP contribution in [0, 0.1) is 5.82 Å². The molecule has 0 fully saturated rings. The molecule has 3 rings (SSSR count). The Bertz CT molecular complexity index is 1000. The molecular formula is C27H30FNO3. The van der Waals surface area contributed by atoms with Crippen LogP contribution in [0.4, 0.5) is 10.1 Å². The van der Waals surface area contributed by atoms with Crippen LogP contribution in [0.25, 0.3) is 0 Å². The predicted molar refractivity (Wildman–Crippen MR) is 127 cm³/mol. The van der Waals surface area contributed by atoms with Crippen molar-refractivity contribution in [2.45, 2.75) is 33.4 Å². The quantitative estimate of drug-likeness (QED) is 0.328. The van der Waals surface area contributed by atoms with E-state index in [1.165, 1.54) is 12.1 Å². The molecule has 0 unspecified atom stereocenters. The van der Waals surface area contributed by atoms with Gasteiger partial charge in [-0.25, -0.2) is 4.39 Å². The summed E-state index contributed by atoms with van der Waals surface area (Å²) >= 11 is 0. The summed E-state index contributed by atoms with van der Waals surface area (Å²) in [5.74, 6) is 1.98. The van der Waals surface area contributed by atoms with Crippen molar-refractivity contribution in [1.82, 2.24) is 0 Å². The number of hydrogen-bond donors (Lipinski definition) is 1. The molecule has 0 heterocycles. The summed E-state index contributed by atoms with van der Waals surface area (Å²) in [6, 6.07) is 18.3. The summed E-state index contributed by atoms with van der Waals surface area (Å²) in [5.41, 5.74) is 3.97. The predicted octanol–water partition coefficient (Wildman–Crippen LogP) is 6.54. The third kappa shape index (κ3) is 6.51. The molecule has 0 atom stereocenters. The van der Waals surface area contributed by atoms with Crippen LogP contribution < -0.4 is 19.5 Å². The first-order valence-corrected chi connectivity index (χ1v) is 10.9. The van der Waals surface area contributed by atoms with E-state index in [-0.39, 0.29) is 5.82 Å². The highest BCUT2D eigenvalue weighted by Crippen LogP contribution is 2.35. The number of allylic oxidation sites excluding steroid dienone is 1. The van der Waals surface area contributed by atoms with Crippen molar-refractivity contribution < 1.29 is 18.6 Å². The molecule has 0 bridgehead atoms. The molecule has 0 saturated heterocycles. The highest BCUT2D eigenvalue weighted by atomic mass is 19.1. The zero-order valence-corrected chi connectivity index (χ0v) is 18.7. The Morgan fingerprint density at radius 2 is 1.59 bits per heavy atom. The molecule has 32 heavy (non-hydrogen) atoms. The van der Waals surface area contributed by atoms with Crippen LogP contribution in [-0.4, -0.2) is 13.2 Å². The second-order valence-electron chi connectivity index (χ2n) is 7.23. The van der Waals surface area contributed by atoms with E-state index in [9.17, 15) is 4.39 Å². The molecule has 168 valence electrons. The molecule has 3 aromatic carbocycles. The summed E-state index contributed by atoms with van der Waals surface area (Å²) in [6.45, 7) is 9.93. The molecule has 0 saturated carbocycles. The van der Waals surface area contributed by atoms with Crippen LogP contribution in [0.1, 0.15) is 30.5 Å². The maximum atomic E-state index is 13.2. The van der Waals surface area contributed by atoms with E-state index < -0.39 is 0 Å². The largest absolute Gasteiger partial charge is 0.494 e. The van der Waals surface area contributed by atoms with E-state index in [1.807, 2.05) is 50.3 Å². The average Bonchev–Trinajstić information content (AvgIpc) is 2.80.